The summed E-state index contributed by atoms with van der Waals surface area (Å²) in [6.07, 6.45) is 0.859. The number of fused-ring (bicyclic) bond motifs is 1. The van der Waals surface area contributed by atoms with Crippen LogP contribution >= 0.6 is 0 Å². The highest BCUT2D eigenvalue weighted by Crippen LogP contribution is 2.29. The summed E-state index contributed by atoms with van der Waals surface area (Å²) in [5, 5.41) is 3.21. The quantitative estimate of drug-likeness (QED) is 0.670. The van der Waals surface area contributed by atoms with Crippen LogP contribution in [0.2, 0.25) is 0 Å². The first-order valence-corrected chi connectivity index (χ1v) is 9.33. The van der Waals surface area contributed by atoms with Gasteiger partial charge in [-0.05, 0) is 18.1 Å². The van der Waals surface area contributed by atoms with Crippen LogP contribution in [0.15, 0.2) is 60.7 Å². The molecule has 0 atom stereocenters. The molecule has 1 aromatic heterocycles. The molecule has 1 N–H and O–H groups in total. The number of aromatic nitrogens is 2. The number of anilines is 2. The second-order valence-corrected chi connectivity index (χ2v) is 6.58. The molecule has 0 saturated carbocycles. The molecule has 0 aliphatic carbocycles. The lowest BCUT2D eigenvalue weighted by molar-refractivity contribution is 0.0984. The van der Waals surface area contributed by atoms with E-state index in [4.69, 9.17) is 4.74 Å². The average molecular weight is 374 g/mol. The Morgan fingerprint density at radius 2 is 1.89 bits per heavy atom. The maximum Gasteiger partial charge on any atom is 0.277 e. The third-order valence-corrected chi connectivity index (χ3v) is 4.72. The first-order chi connectivity index (χ1) is 13.8. The van der Waals surface area contributed by atoms with Gasteiger partial charge in [-0.1, -0.05) is 48.5 Å². The molecule has 2 aromatic carbocycles. The number of nitrogens with zero attached hydrogens (tertiary/aromatic N) is 3. The Balaban J connectivity index is 1.69. The Morgan fingerprint density at radius 1 is 1.11 bits per heavy atom. The molecule has 0 fully saturated rings. The molecule has 2 heterocycles. The summed E-state index contributed by atoms with van der Waals surface area (Å²) in [6, 6.07) is 19.4. The lowest BCUT2D eigenvalue weighted by Gasteiger charge is -2.18. The van der Waals surface area contributed by atoms with Crippen LogP contribution in [0.5, 0.6) is 0 Å². The van der Waals surface area contributed by atoms with Gasteiger partial charge in [0.1, 0.15) is 11.5 Å². The minimum absolute atomic E-state index is 0.112. The maximum atomic E-state index is 13.3. The van der Waals surface area contributed by atoms with Crippen molar-refractivity contribution in [2.45, 2.75) is 6.42 Å². The van der Waals surface area contributed by atoms with Crippen LogP contribution in [-0.2, 0) is 11.2 Å². The SMILES string of the molecule is COCCNc1cc(C(=O)N2CCc3ccccc32)nc(-c2ccccc2)n1. The van der Waals surface area contributed by atoms with E-state index in [0.29, 0.717) is 37.0 Å². The van der Waals surface area contributed by atoms with Crippen LogP contribution in [0.3, 0.4) is 0 Å². The molecule has 4 rings (SSSR count). The fraction of sp³-hybridized carbons (Fsp3) is 0.227. The Hall–Kier alpha value is -3.25. The van der Waals surface area contributed by atoms with E-state index in [1.54, 1.807) is 18.1 Å². The Kier molecular flexibility index (Phi) is 5.30. The molecule has 0 saturated heterocycles. The van der Waals surface area contributed by atoms with Gasteiger partial charge in [-0.25, -0.2) is 9.97 Å². The molecule has 0 spiro atoms. The lowest BCUT2D eigenvalue weighted by atomic mass is 10.2. The molecule has 6 nitrogen and oxygen atoms in total. The fourth-order valence-electron chi connectivity index (χ4n) is 3.33. The highest BCUT2D eigenvalue weighted by Gasteiger charge is 2.26. The van der Waals surface area contributed by atoms with Crippen LogP contribution in [-0.4, -0.2) is 42.7 Å². The van der Waals surface area contributed by atoms with Crippen LogP contribution in [0, 0.1) is 0 Å². The molecule has 1 amide bonds. The number of para-hydroxylation sites is 1. The van der Waals surface area contributed by atoms with Crippen LogP contribution in [0.4, 0.5) is 11.5 Å². The molecule has 1 aliphatic heterocycles. The predicted octanol–water partition coefficient (Wildman–Crippen LogP) is 3.40. The van der Waals surface area contributed by atoms with Gasteiger partial charge in [-0.15, -0.1) is 0 Å². The van der Waals surface area contributed by atoms with Gasteiger partial charge >= 0.3 is 0 Å². The highest BCUT2D eigenvalue weighted by atomic mass is 16.5. The number of benzene rings is 2. The van der Waals surface area contributed by atoms with E-state index in [9.17, 15) is 4.79 Å². The van der Waals surface area contributed by atoms with Crippen molar-refractivity contribution < 1.29 is 9.53 Å². The summed E-state index contributed by atoms with van der Waals surface area (Å²) in [4.78, 5) is 24.2. The Bertz CT molecular complexity index is 975. The second kappa shape index (κ2) is 8.19. The molecule has 0 radical (unpaired) electrons. The van der Waals surface area contributed by atoms with Crippen LogP contribution in [0.25, 0.3) is 11.4 Å². The van der Waals surface area contributed by atoms with Gasteiger partial charge in [-0.3, -0.25) is 4.79 Å². The van der Waals surface area contributed by atoms with Gasteiger partial charge in [0, 0.05) is 37.5 Å². The number of nitrogens with one attached hydrogen (secondary N) is 1. The summed E-state index contributed by atoms with van der Waals surface area (Å²) >= 11 is 0. The molecular formula is C22H22N4O2. The van der Waals surface area contributed by atoms with Crippen LogP contribution in [0.1, 0.15) is 16.1 Å². The second-order valence-electron chi connectivity index (χ2n) is 6.58. The molecule has 0 bridgehead atoms. The number of hydrogen-bond donors (Lipinski definition) is 1. The number of hydrogen-bond acceptors (Lipinski definition) is 5. The normalized spacial score (nSPS) is 12.7. The molecule has 1 aliphatic rings. The van der Waals surface area contributed by atoms with Gasteiger partial charge in [-0.2, -0.15) is 0 Å². The summed E-state index contributed by atoms with van der Waals surface area (Å²) in [6.45, 7) is 1.81. The van der Waals surface area contributed by atoms with Crippen molar-refractivity contribution in [3.63, 3.8) is 0 Å². The van der Waals surface area contributed by atoms with Crippen molar-refractivity contribution in [3.05, 3.63) is 71.9 Å². The van der Waals surface area contributed by atoms with Gasteiger partial charge in [0.15, 0.2) is 5.82 Å². The van der Waals surface area contributed by atoms with Gasteiger partial charge < -0.3 is 15.0 Å². The molecular weight excluding hydrogens is 352 g/mol. The van der Waals surface area contributed by atoms with Crippen molar-refractivity contribution in [1.82, 2.24) is 9.97 Å². The van der Waals surface area contributed by atoms with Gasteiger partial charge in [0.05, 0.1) is 6.61 Å². The van der Waals surface area contributed by atoms with Crippen molar-refractivity contribution in [2.24, 2.45) is 0 Å². The highest BCUT2D eigenvalue weighted by molar-refractivity contribution is 6.06. The van der Waals surface area contributed by atoms with E-state index < -0.39 is 0 Å². The summed E-state index contributed by atoms with van der Waals surface area (Å²) in [7, 11) is 1.65. The first kappa shape index (κ1) is 18.1. The number of methoxy groups -OCH3 is 1. The number of rotatable bonds is 6. The van der Waals surface area contributed by atoms with Gasteiger partial charge in [0.2, 0.25) is 0 Å². The molecule has 6 heteroatoms. The van der Waals surface area contributed by atoms with E-state index in [1.165, 1.54) is 5.56 Å². The Labute approximate surface area is 164 Å². The Morgan fingerprint density at radius 3 is 2.71 bits per heavy atom. The van der Waals surface area contributed by atoms with Crippen molar-refractivity contribution >= 4 is 17.4 Å². The van der Waals surface area contributed by atoms with Gasteiger partial charge in [0.25, 0.3) is 5.91 Å². The maximum absolute atomic E-state index is 13.3. The predicted molar refractivity (Wildman–Crippen MR) is 110 cm³/mol. The summed E-state index contributed by atoms with van der Waals surface area (Å²) in [5.74, 6) is 1.03. The lowest BCUT2D eigenvalue weighted by Crippen LogP contribution is -2.30. The molecule has 142 valence electrons. The third kappa shape index (κ3) is 3.73. The zero-order chi connectivity index (χ0) is 19.3. The summed E-state index contributed by atoms with van der Waals surface area (Å²) in [5.41, 5.74) is 3.40. The standard InChI is InChI=1S/C22H22N4O2/c1-28-14-12-23-20-15-18(24-21(25-20)17-8-3-2-4-9-17)22(27)26-13-11-16-7-5-6-10-19(16)26/h2-10,15H,11-14H2,1H3,(H,23,24,25). The monoisotopic (exact) mass is 374 g/mol. The minimum atomic E-state index is -0.112. The average Bonchev–Trinajstić information content (AvgIpc) is 3.18. The zero-order valence-corrected chi connectivity index (χ0v) is 15.8. The largest absolute Gasteiger partial charge is 0.383 e. The molecule has 0 unspecified atom stereocenters. The molecule has 3 aromatic rings. The minimum Gasteiger partial charge on any atom is -0.383 e. The smallest absolute Gasteiger partial charge is 0.277 e. The van der Waals surface area contributed by atoms with Crippen molar-refractivity contribution in [3.8, 4) is 11.4 Å². The number of carbonyl (C=O) groups excluding carboxylic acids is 1. The van der Waals surface area contributed by atoms with Crippen LogP contribution < -0.4 is 10.2 Å². The molecule has 28 heavy (non-hydrogen) atoms. The van der Waals surface area contributed by atoms with E-state index >= 15 is 0 Å². The number of ether oxygens (including phenoxy) is 1. The van der Waals surface area contributed by atoms with E-state index in [1.807, 2.05) is 48.5 Å². The van der Waals surface area contributed by atoms with Crippen molar-refractivity contribution in [1.29, 1.82) is 0 Å². The van der Waals surface area contributed by atoms with Crippen molar-refractivity contribution in [2.75, 3.05) is 37.0 Å². The third-order valence-electron chi connectivity index (χ3n) is 4.72. The number of amides is 1. The van der Waals surface area contributed by atoms with E-state index in [2.05, 4.69) is 21.4 Å². The van der Waals surface area contributed by atoms with E-state index in [-0.39, 0.29) is 5.91 Å². The summed E-state index contributed by atoms with van der Waals surface area (Å²) < 4.78 is 5.10. The van der Waals surface area contributed by atoms with E-state index in [0.717, 1.165) is 17.7 Å². The number of carbonyl (C=O) groups is 1. The topological polar surface area (TPSA) is 67.3 Å². The fourth-order valence-corrected chi connectivity index (χ4v) is 3.33. The zero-order valence-electron chi connectivity index (χ0n) is 15.8. The first-order valence-electron chi connectivity index (χ1n) is 9.33.